The van der Waals surface area contributed by atoms with Crippen molar-refractivity contribution in [1.29, 1.82) is 0 Å². The number of aldehydes is 1. The number of phenolic OH excluding ortho intramolecular Hbond substituents is 1. The third-order valence-electron chi connectivity index (χ3n) is 2.10. The molecule has 0 aliphatic carbocycles. The van der Waals surface area contributed by atoms with Gasteiger partial charge < -0.3 is 9.90 Å². The summed E-state index contributed by atoms with van der Waals surface area (Å²) in [6.45, 7) is 1.79. The molecule has 17 heavy (non-hydrogen) atoms. The Hall–Kier alpha value is -2.16. The number of rotatable bonds is 5. The maximum absolute atomic E-state index is 11.1. The van der Waals surface area contributed by atoms with E-state index < -0.39 is 0 Å². The summed E-state index contributed by atoms with van der Waals surface area (Å²) >= 11 is 0. The minimum absolute atomic E-state index is 0.0790. The molecule has 3 heteroatoms. The Morgan fingerprint density at radius 3 is 2.53 bits per heavy atom. The second kappa shape index (κ2) is 6.43. The largest absolute Gasteiger partial charge is 0.508 e. The zero-order valence-corrected chi connectivity index (χ0v) is 9.59. The molecule has 3 nitrogen and oxygen atoms in total. The number of phenols is 1. The van der Waals surface area contributed by atoms with E-state index in [4.69, 9.17) is 5.11 Å². The molecular weight excluding hydrogens is 216 g/mol. The summed E-state index contributed by atoms with van der Waals surface area (Å²) in [5, 5.41) is 9.10. The van der Waals surface area contributed by atoms with Crippen LogP contribution in [0.3, 0.4) is 0 Å². The average molecular weight is 230 g/mol. The monoisotopic (exact) mass is 230 g/mol. The first-order chi connectivity index (χ1) is 8.11. The second-order valence-corrected chi connectivity index (χ2v) is 3.65. The number of aromatic hydroxyl groups is 1. The van der Waals surface area contributed by atoms with Gasteiger partial charge in [0, 0.05) is 0 Å². The van der Waals surface area contributed by atoms with Crippen molar-refractivity contribution in [3.05, 3.63) is 47.6 Å². The van der Waals surface area contributed by atoms with Crippen LogP contribution in [0.5, 0.6) is 5.75 Å². The molecule has 0 aliphatic rings. The molecule has 1 N–H and O–H groups in total. The van der Waals surface area contributed by atoms with E-state index in [0.717, 1.165) is 11.1 Å². The molecule has 1 aromatic carbocycles. The fraction of sp³-hybridized carbons (Fsp3) is 0.143. The van der Waals surface area contributed by atoms with Crippen LogP contribution in [-0.2, 0) is 9.59 Å². The van der Waals surface area contributed by atoms with E-state index in [1.807, 2.05) is 6.08 Å². The Bertz CT molecular complexity index is 453. The van der Waals surface area contributed by atoms with Crippen molar-refractivity contribution >= 4 is 18.1 Å². The predicted octanol–water partition coefficient (Wildman–Crippen LogP) is 2.51. The number of allylic oxidation sites excluding steroid dienone is 3. The number of carbonyl (C=O) groups is 2. The van der Waals surface area contributed by atoms with Gasteiger partial charge in [-0.05, 0) is 36.3 Å². The van der Waals surface area contributed by atoms with Crippen LogP contribution in [0.2, 0.25) is 0 Å². The van der Waals surface area contributed by atoms with Crippen molar-refractivity contribution in [2.45, 2.75) is 13.3 Å². The standard InChI is InChI=1S/C14H14O3/c1-11(10-14(17)8-9-15)2-3-12-4-6-13(16)7-5-12/h2-7,9-10,16H,8H2,1H3/b3-2+,11-10+. The Labute approximate surface area is 100 Å². The molecule has 1 aromatic rings. The summed E-state index contributed by atoms with van der Waals surface area (Å²) < 4.78 is 0. The van der Waals surface area contributed by atoms with Gasteiger partial charge in [-0.25, -0.2) is 0 Å². The van der Waals surface area contributed by atoms with Gasteiger partial charge in [0.1, 0.15) is 12.0 Å². The average Bonchev–Trinajstić information content (AvgIpc) is 2.28. The fourth-order valence-corrected chi connectivity index (χ4v) is 1.26. The first-order valence-electron chi connectivity index (χ1n) is 5.23. The highest BCUT2D eigenvalue weighted by Crippen LogP contribution is 2.11. The van der Waals surface area contributed by atoms with Gasteiger partial charge in [0.05, 0.1) is 6.42 Å². The predicted molar refractivity (Wildman–Crippen MR) is 66.6 cm³/mol. The third kappa shape index (κ3) is 4.93. The fourth-order valence-electron chi connectivity index (χ4n) is 1.26. The summed E-state index contributed by atoms with van der Waals surface area (Å²) in [4.78, 5) is 21.3. The van der Waals surface area contributed by atoms with Gasteiger partial charge in [-0.15, -0.1) is 0 Å². The van der Waals surface area contributed by atoms with Crippen LogP contribution in [0.1, 0.15) is 18.9 Å². The van der Waals surface area contributed by atoms with E-state index in [0.29, 0.717) is 6.29 Å². The minimum Gasteiger partial charge on any atom is -0.508 e. The molecule has 0 aromatic heterocycles. The molecule has 0 saturated heterocycles. The number of ketones is 1. The van der Waals surface area contributed by atoms with Gasteiger partial charge in [-0.3, -0.25) is 4.79 Å². The zero-order valence-electron chi connectivity index (χ0n) is 9.59. The molecule has 0 amide bonds. The van der Waals surface area contributed by atoms with Crippen LogP contribution in [-0.4, -0.2) is 17.2 Å². The van der Waals surface area contributed by atoms with E-state index in [1.165, 1.54) is 6.08 Å². The van der Waals surface area contributed by atoms with Gasteiger partial charge in [0.2, 0.25) is 0 Å². The second-order valence-electron chi connectivity index (χ2n) is 3.65. The van der Waals surface area contributed by atoms with E-state index in [1.54, 1.807) is 37.3 Å². The number of benzene rings is 1. The first kappa shape index (κ1) is 12.9. The maximum atomic E-state index is 11.1. The van der Waals surface area contributed by atoms with Crippen LogP contribution < -0.4 is 0 Å². The van der Waals surface area contributed by atoms with E-state index in [2.05, 4.69) is 0 Å². The Morgan fingerprint density at radius 2 is 1.94 bits per heavy atom. The highest BCUT2D eigenvalue weighted by molar-refractivity contribution is 5.98. The normalized spacial score (nSPS) is 11.7. The molecule has 0 aliphatic heterocycles. The van der Waals surface area contributed by atoms with E-state index >= 15 is 0 Å². The Balaban J connectivity index is 2.67. The lowest BCUT2D eigenvalue weighted by Gasteiger charge is -1.95. The molecule has 0 atom stereocenters. The lowest BCUT2D eigenvalue weighted by atomic mass is 10.1. The molecular formula is C14H14O3. The number of hydrogen-bond donors (Lipinski definition) is 1. The maximum Gasteiger partial charge on any atom is 0.163 e. The molecule has 88 valence electrons. The van der Waals surface area contributed by atoms with Crippen molar-refractivity contribution in [2.75, 3.05) is 0 Å². The van der Waals surface area contributed by atoms with Crippen LogP contribution in [0.4, 0.5) is 0 Å². The zero-order chi connectivity index (χ0) is 12.7. The molecule has 0 spiro atoms. The molecule has 0 saturated carbocycles. The quantitative estimate of drug-likeness (QED) is 0.366. The van der Waals surface area contributed by atoms with Crippen LogP contribution >= 0.6 is 0 Å². The van der Waals surface area contributed by atoms with Crippen molar-refractivity contribution in [3.8, 4) is 5.75 Å². The van der Waals surface area contributed by atoms with Crippen molar-refractivity contribution in [3.63, 3.8) is 0 Å². The Morgan fingerprint density at radius 1 is 1.29 bits per heavy atom. The highest BCUT2D eigenvalue weighted by atomic mass is 16.3. The molecule has 1 rings (SSSR count). The van der Waals surface area contributed by atoms with E-state index in [9.17, 15) is 9.59 Å². The van der Waals surface area contributed by atoms with Crippen molar-refractivity contribution in [2.24, 2.45) is 0 Å². The molecule has 0 bridgehead atoms. The first-order valence-corrected chi connectivity index (χ1v) is 5.23. The number of carbonyl (C=O) groups excluding carboxylic acids is 2. The summed E-state index contributed by atoms with van der Waals surface area (Å²) in [7, 11) is 0. The summed E-state index contributed by atoms with van der Waals surface area (Å²) in [5.41, 5.74) is 1.71. The molecule has 0 fully saturated rings. The SMILES string of the molecule is CC(/C=C/c1ccc(O)cc1)=C\C(=O)CC=O. The van der Waals surface area contributed by atoms with Gasteiger partial charge in [0.15, 0.2) is 5.78 Å². The summed E-state index contributed by atoms with van der Waals surface area (Å²) in [5.74, 6) is 0.0171. The highest BCUT2D eigenvalue weighted by Gasteiger charge is 1.95. The molecule has 0 radical (unpaired) electrons. The van der Waals surface area contributed by atoms with Gasteiger partial charge >= 0.3 is 0 Å². The summed E-state index contributed by atoms with van der Waals surface area (Å²) in [6.07, 6.45) is 5.57. The minimum atomic E-state index is -0.201. The van der Waals surface area contributed by atoms with Gasteiger partial charge in [-0.2, -0.15) is 0 Å². The van der Waals surface area contributed by atoms with Crippen LogP contribution in [0.15, 0.2) is 42.0 Å². The smallest absolute Gasteiger partial charge is 0.163 e. The van der Waals surface area contributed by atoms with Crippen LogP contribution in [0, 0.1) is 0 Å². The summed E-state index contributed by atoms with van der Waals surface area (Å²) in [6, 6.07) is 6.73. The van der Waals surface area contributed by atoms with Crippen molar-refractivity contribution < 1.29 is 14.7 Å². The molecule has 0 unspecified atom stereocenters. The lowest BCUT2D eigenvalue weighted by Crippen LogP contribution is -1.93. The Kier molecular flexibility index (Phi) is 4.88. The topological polar surface area (TPSA) is 54.4 Å². The van der Waals surface area contributed by atoms with Crippen LogP contribution in [0.25, 0.3) is 6.08 Å². The third-order valence-corrected chi connectivity index (χ3v) is 2.10. The molecule has 0 heterocycles. The lowest BCUT2D eigenvalue weighted by molar-refractivity contribution is -0.118. The van der Waals surface area contributed by atoms with E-state index in [-0.39, 0.29) is 18.0 Å². The number of hydrogen-bond acceptors (Lipinski definition) is 3. The van der Waals surface area contributed by atoms with Gasteiger partial charge in [0.25, 0.3) is 0 Å². The van der Waals surface area contributed by atoms with Gasteiger partial charge in [-0.1, -0.05) is 24.3 Å². The van der Waals surface area contributed by atoms with Crippen molar-refractivity contribution in [1.82, 2.24) is 0 Å².